The number of rotatable bonds is 6. The van der Waals surface area contributed by atoms with Gasteiger partial charge < -0.3 is 19.2 Å². The topological polar surface area (TPSA) is 102 Å². The summed E-state index contributed by atoms with van der Waals surface area (Å²) in [5.74, 6) is -0.0123. The summed E-state index contributed by atoms with van der Waals surface area (Å²) in [7, 11) is 0. The molecule has 0 bridgehead atoms. The van der Waals surface area contributed by atoms with E-state index >= 15 is 0 Å². The Hall–Kier alpha value is -3.54. The van der Waals surface area contributed by atoms with Crippen molar-refractivity contribution < 1.29 is 23.8 Å². The second-order valence-corrected chi connectivity index (χ2v) is 12.1. The van der Waals surface area contributed by atoms with Crippen LogP contribution in [-0.4, -0.2) is 29.9 Å². The van der Waals surface area contributed by atoms with Gasteiger partial charge in [-0.25, -0.2) is 10.2 Å². The van der Waals surface area contributed by atoms with Gasteiger partial charge in [-0.05, 0) is 64.5 Å². The van der Waals surface area contributed by atoms with Gasteiger partial charge in [0.1, 0.15) is 5.69 Å². The Morgan fingerprint density at radius 1 is 0.953 bits per heavy atom. The quantitative estimate of drug-likeness (QED) is 0.0778. The minimum Gasteiger partial charge on any atom is -0.454 e. The van der Waals surface area contributed by atoms with E-state index < -0.39 is 11.9 Å². The highest BCUT2D eigenvalue weighted by atomic mass is 79.9. The molecule has 6 rings (SSSR count). The van der Waals surface area contributed by atoms with Crippen LogP contribution in [-0.2, 0) is 0 Å². The number of aromatic amines is 1. The Labute approximate surface area is 276 Å². The Morgan fingerprint density at radius 3 is 2.56 bits per heavy atom. The third-order valence-corrected chi connectivity index (χ3v) is 8.30. The lowest BCUT2D eigenvalue weighted by molar-refractivity contribution is 0.0732. The maximum atomic E-state index is 13.5. The number of carbonyl (C=O) groups excluding carboxylic acids is 2. The normalized spacial score (nSPS) is 12.2. The molecule has 13 heteroatoms. The molecule has 0 atom stereocenters. The molecule has 0 unspecified atom stereocenters. The minimum atomic E-state index is -0.627. The predicted octanol–water partition coefficient (Wildman–Crippen LogP) is 9.03. The van der Waals surface area contributed by atoms with Crippen LogP contribution >= 0.6 is 66.7 Å². The Morgan fingerprint density at radius 2 is 1.74 bits per heavy atom. The number of H-pyrrole nitrogens is 1. The summed E-state index contributed by atoms with van der Waals surface area (Å²) in [6, 6.07) is 18.5. The minimum absolute atomic E-state index is 0.0810. The van der Waals surface area contributed by atoms with Crippen LogP contribution in [0.3, 0.4) is 0 Å². The zero-order valence-corrected chi connectivity index (χ0v) is 27.0. The first kappa shape index (κ1) is 29.5. The SMILES string of the molecule is O=C(Oc1c(Br)cc(Br)cc1C=NNC(=O)c1[nH]c2c(Cl)cc(Cl)cc2c1-c1ccccc1Cl)c1ccc2c(c1)OCO2. The molecule has 216 valence electrons. The fraction of sp³-hybridized carbons (Fsp3) is 0.0333. The van der Waals surface area contributed by atoms with Crippen LogP contribution in [0.1, 0.15) is 26.4 Å². The maximum Gasteiger partial charge on any atom is 0.343 e. The lowest BCUT2D eigenvalue weighted by Gasteiger charge is -2.11. The predicted molar refractivity (Wildman–Crippen MR) is 173 cm³/mol. The van der Waals surface area contributed by atoms with E-state index in [2.05, 4.69) is 47.4 Å². The third-order valence-electron chi connectivity index (χ3n) is 6.40. The number of nitrogens with zero attached hydrogens (tertiary/aromatic N) is 1. The molecule has 8 nitrogen and oxygen atoms in total. The first-order valence-electron chi connectivity index (χ1n) is 12.4. The average molecular weight is 765 g/mol. The van der Waals surface area contributed by atoms with Crippen molar-refractivity contribution in [2.45, 2.75) is 0 Å². The molecule has 0 spiro atoms. The molecule has 1 amide bonds. The second kappa shape index (κ2) is 12.2. The van der Waals surface area contributed by atoms with Gasteiger partial charge in [-0.15, -0.1) is 0 Å². The van der Waals surface area contributed by atoms with Crippen LogP contribution in [0.15, 0.2) is 80.8 Å². The van der Waals surface area contributed by atoms with Gasteiger partial charge in [0, 0.05) is 36.6 Å². The van der Waals surface area contributed by atoms with Gasteiger partial charge >= 0.3 is 5.97 Å². The first-order chi connectivity index (χ1) is 20.7. The molecule has 0 fully saturated rings. The fourth-order valence-corrected chi connectivity index (χ4v) is 6.62. The number of halogens is 5. The van der Waals surface area contributed by atoms with Crippen molar-refractivity contribution in [2.24, 2.45) is 5.10 Å². The maximum absolute atomic E-state index is 13.5. The van der Waals surface area contributed by atoms with Crippen LogP contribution in [0.5, 0.6) is 17.2 Å². The number of amides is 1. The number of ether oxygens (including phenoxy) is 3. The van der Waals surface area contributed by atoms with E-state index in [1.54, 1.807) is 60.7 Å². The van der Waals surface area contributed by atoms with E-state index in [-0.39, 0.29) is 23.8 Å². The summed E-state index contributed by atoms with van der Waals surface area (Å²) in [6.45, 7) is 0.0810. The fourth-order valence-electron chi connectivity index (χ4n) is 4.51. The van der Waals surface area contributed by atoms with E-state index in [0.717, 1.165) is 0 Å². The molecule has 2 heterocycles. The van der Waals surface area contributed by atoms with Crippen LogP contribution in [0.4, 0.5) is 0 Å². The van der Waals surface area contributed by atoms with Crippen molar-refractivity contribution in [3.63, 3.8) is 0 Å². The summed E-state index contributed by atoms with van der Waals surface area (Å²) in [5.41, 5.74) is 5.01. The molecular formula is C30H16Br2Cl3N3O5. The molecule has 4 aromatic carbocycles. The number of nitrogens with one attached hydrogen (secondary N) is 2. The van der Waals surface area contributed by atoms with Gasteiger partial charge in [-0.1, -0.05) is 68.9 Å². The molecule has 0 radical (unpaired) electrons. The van der Waals surface area contributed by atoms with Gasteiger partial charge in [-0.2, -0.15) is 5.10 Å². The first-order valence-corrected chi connectivity index (χ1v) is 15.1. The van der Waals surface area contributed by atoms with E-state index in [1.807, 2.05) is 6.07 Å². The Bertz CT molecular complexity index is 1980. The molecule has 1 aliphatic rings. The summed E-state index contributed by atoms with van der Waals surface area (Å²) in [4.78, 5) is 29.6. The van der Waals surface area contributed by atoms with Crippen molar-refractivity contribution in [2.75, 3.05) is 6.79 Å². The van der Waals surface area contributed by atoms with Gasteiger partial charge in [0.25, 0.3) is 5.91 Å². The standard InChI is InChI=1S/C30H16Br2Cl3N3O5/c31-16-7-15(28(20(32)9-16)43-30(40)14-5-6-23-24(8-14)42-13-41-23)12-36-38-29(39)27-25(18-3-1-2-4-21(18)34)19-10-17(33)11-22(35)26(19)37-27/h1-12,37H,13H2,(H,38,39). The molecule has 1 aliphatic heterocycles. The second-order valence-electron chi connectivity index (χ2n) is 9.13. The molecule has 2 N–H and O–H groups in total. The van der Waals surface area contributed by atoms with Crippen molar-refractivity contribution in [1.82, 2.24) is 10.4 Å². The van der Waals surface area contributed by atoms with Gasteiger partial charge in [0.2, 0.25) is 6.79 Å². The van der Waals surface area contributed by atoms with Crippen LogP contribution in [0, 0.1) is 0 Å². The molecule has 5 aromatic rings. The smallest absolute Gasteiger partial charge is 0.343 e. The monoisotopic (exact) mass is 761 g/mol. The van der Waals surface area contributed by atoms with E-state index in [0.29, 0.717) is 63.1 Å². The van der Waals surface area contributed by atoms with Crippen molar-refractivity contribution in [3.8, 4) is 28.4 Å². The Balaban J connectivity index is 1.30. The van der Waals surface area contributed by atoms with Gasteiger partial charge in [-0.3, -0.25) is 4.79 Å². The zero-order chi connectivity index (χ0) is 30.2. The summed E-state index contributed by atoms with van der Waals surface area (Å²) < 4.78 is 17.5. The van der Waals surface area contributed by atoms with Gasteiger partial charge in [0.05, 0.1) is 26.8 Å². The number of fused-ring (bicyclic) bond motifs is 2. The highest BCUT2D eigenvalue weighted by molar-refractivity contribution is 9.11. The molecule has 1 aromatic heterocycles. The zero-order valence-electron chi connectivity index (χ0n) is 21.5. The number of carbonyl (C=O) groups is 2. The summed E-state index contributed by atoms with van der Waals surface area (Å²) in [6.07, 6.45) is 1.36. The highest BCUT2D eigenvalue weighted by Crippen LogP contribution is 2.40. The highest BCUT2D eigenvalue weighted by Gasteiger charge is 2.23. The number of aromatic nitrogens is 1. The number of hydrazone groups is 1. The lowest BCUT2D eigenvalue weighted by atomic mass is 10.0. The van der Waals surface area contributed by atoms with Crippen molar-refractivity contribution in [3.05, 3.63) is 108 Å². The molecule has 0 aliphatic carbocycles. The lowest BCUT2D eigenvalue weighted by Crippen LogP contribution is -2.19. The van der Waals surface area contributed by atoms with Crippen molar-refractivity contribution >= 4 is 95.7 Å². The Kier molecular flexibility index (Phi) is 8.39. The molecule has 0 saturated heterocycles. The van der Waals surface area contributed by atoms with E-state index in [9.17, 15) is 9.59 Å². The van der Waals surface area contributed by atoms with Crippen LogP contribution in [0.2, 0.25) is 15.1 Å². The number of esters is 1. The number of hydrogen-bond acceptors (Lipinski definition) is 6. The molecule has 0 saturated carbocycles. The number of benzene rings is 4. The third kappa shape index (κ3) is 5.98. The summed E-state index contributed by atoms with van der Waals surface area (Å²) >= 11 is 26.1. The van der Waals surface area contributed by atoms with E-state index in [1.165, 1.54) is 6.21 Å². The van der Waals surface area contributed by atoms with Gasteiger partial charge in [0.15, 0.2) is 17.2 Å². The molecule has 43 heavy (non-hydrogen) atoms. The summed E-state index contributed by atoms with van der Waals surface area (Å²) in [5, 5.41) is 5.94. The van der Waals surface area contributed by atoms with E-state index in [4.69, 9.17) is 49.0 Å². The van der Waals surface area contributed by atoms with Crippen molar-refractivity contribution in [1.29, 1.82) is 0 Å². The number of hydrogen-bond donors (Lipinski definition) is 2. The molecular weight excluding hydrogens is 749 g/mol. The van der Waals surface area contributed by atoms with Crippen LogP contribution in [0.25, 0.3) is 22.0 Å². The average Bonchev–Trinajstić information content (AvgIpc) is 3.59. The largest absolute Gasteiger partial charge is 0.454 e. The van der Waals surface area contributed by atoms with Crippen LogP contribution < -0.4 is 19.6 Å².